The van der Waals surface area contributed by atoms with Gasteiger partial charge >= 0.3 is 0 Å². The Morgan fingerprint density at radius 1 is 0.313 bits per heavy atom. The van der Waals surface area contributed by atoms with E-state index in [-0.39, 0.29) is 10.8 Å². The van der Waals surface area contributed by atoms with Crippen molar-refractivity contribution < 1.29 is 0 Å². The van der Waals surface area contributed by atoms with Gasteiger partial charge in [0.1, 0.15) is 0 Å². The topological polar surface area (TPSA) is 13.8 Å². The Morgan fingerprint density at radius 3 is 1.60 bits per heavy atom. The first kappa shape index (κ1) is 37.4. The monoisotopic (exact) mass is 857 g/mol. The summed E-state index contributed by atoms with van der Waals surface area (Å²) < 4.78 is 7.66. The number of para-hydroxylation sites is 2. The molecule has 0 spiro atoms. The molecule has 0 fully saturated rings. The molecule has 15 rings (SSSR count). The van der Waals surface area contributed by atoms with Crippen LogP contribution < -0.4 is 0 Å². The fourth-order valence-electron chi connectivity index (χ4n) is 12.3. The Hall–Kier alpha value is -7.88. The van der Waals surface area contributed by atoms with Crippen LogP contribution in [0.25, 0.3) is 136 Å². The van der Waals surface area contributed by atoms with Crippen molar-refractivity contribution in [1.29, 1.82) is 0 Å². The highest BCUT2D eigenvalue weighted by Gasteiger charge is 2.28. The largest absolute Gasteiger partial charge is 0.309 e. The molecule has 0 radical (unpaired) electrons. The highest BCUT2D eigenvalue weighted by molar-refractivity contribution is 6.37. The molecule has 5 aromatic heterocycles. The lowest BCUT2D eigenvalue weighted by Crippen LogP contribution is -2.11. The van der Waals surface area contributed by atoms with Crippen molar-refractivity contribution >= 4 is 120 Å². The number of fused-ring (bicyclic) bond motifs is 19. The molecule has 0 bridgehead atoms. The number of nitrogens with zero attached hydrogens (tertiary/aromatic N) is 3. The van der Waals surface area contributed by atoms with E-state index in [1.807, 2.05) is 0 Å². The lowest BCUT2D eigenvalue weighted by molar-refractivity contribution is 0.590. The SMILES string of the molecule is CC(C)(C)c1ccc2c(c1)c1cc(C(C)(C)C)cc3c4cc5c(cc4n2c13)c1c2ccccc2cc2c3c4ccccc4cc(-c4ccc6c(c4)c4ccccc4n6-c4ccccc4)c3n5c21. The highest BCUT2D eigenvalue weighted by Crippen LogP contribution is 2.51. The van der Waals surface area contributed by atoms with E-state index in [9.17, 15) is 0 Å². The molecular formula is C64H47N3. The minimum atomic E-state index is -0.0252. The minimum Gasteiger partial charge on any atom is -0.309 e. The van der Waals surface area contributed by atoms with Gasteiger partial charge in [-0.25, -0.2) is 0 Å². The minimum absolute atomic E-state index is 0.0252. The lowest BCUT2D eigenvalue weighted by atomic mass is 9.84. The molecule has 0 saturated heterocycles. The molecule has 0 aliphatic rings. The van der Waals surface area contributed by atoms with Crippen molar-refractivity contribution in [3.8, 4) is 16.8 Å². The average molecular weight is 858 g/mol. The van der Waals surface area contributed by atoms with Crippen LogP contribution in [0.5, 0.6) is 0 Å². The summed E-state index contributed by atoms with van der Waals surface area (Å²) in [5, 5.41) is 18.2. The van der Waals surface area contributed by atoms with Crippen LogP contribution in [0.2, 0.25) is 0 Å². The number of benzene rings is 10. The lowest BCUT2D eigenvalue weighted by Gasteiger charge is -2.20. The first-order chi connectivity index (χ1) is 32.5. The highest BCUT2D eigenvalue weighted by atomic mass is 15.0. The summed E-state index contributed by atoms with van der Waals surface area (Å²) in [7, 11) is 0. The van der Waals surface area contributed by atoms with Crippen molar-refractivity contribution in [3.63, 3.8) is 0 Å². The van der Waals surface area contributed by atoms with E-state index in [1.165, 1.54) is 147 Å². The molecule has 0 atom stereocenters. The zero-order valence-electron chi connectivity index (χ0n) is 38.6. The molecule has 0 amide bonds. The maximum Gasteiger partial charge on any atom is 0.0627 e. The zero-order chi connectivity index (χ0) is 44.8. The molecule has 0 aliphatic carbocycles. The molecule has 10 aromatic carbocycles. The molecule has 67 heavy (non-hydrogen) atoms. The summed E-state index contributed by atoms with van der Waals surface area (Å²) >= 11 is 0. The molecule has 0 N–H and O–H groups in total. The van der Waals surface area contributed by atoms with Gasteiger partial charge in [-0.05, 0) is 128 Å². The molecule has 0 saturated carbocycles. The molecule has 0 unspecified atom stereocenters. The molecular weight excluding hydrogens is 811 g/mol. The quantitative estimate of drug-likeness (QED) is 0.164. The molecule has 5 heterocycles. The third-order valence-corrected chi connectivity index (χ3v) is 15.5. The predicted octanol–water partition coefficient (Wildman–Crippen LogP) is 17.7. The second kappa shape index (κ2) is 12.5. The number of hydrogen-bond donors (Lipinski definition) is 0. The molecule has 3 heteroatoms. The molecule has 318 valence electrons. The maximum absolute atomic E-state index is 2.66. The fraction of sp³-hybridized carbons (Fsp3) is 0.125. The number of aromatic nitrogens is 3. The Labute approximate surface area is 387 Å². The van der Waals surface area contributed by atoms with E-state index < -0.39 is 0 Å². The fourth-order valence-corrected chi connectivity index (χ4v) is 12.3. The molecule has 3 nitrogen and oxygen atoms in total. The zero-order valence-corrected chi connectivity index (χ0v) is 38.6. The van der Waals surface area contributed by atoms with Crippen molar-refractivity contribution in [2.24, 2.45) is 0 Å². The Morgan fingerprint density at radius 2 is 0.866 bits per heavy atom. The average Bonchev–Trinajstić information content (AvgIpc) is 4.12. The third kappa shape index (κ3) is 4.81. The second-order valence-corrected chi connectivity index (χ2v) is 21.4. The van der Waals surface area contributed by atoms with E-state index in [2.05, 4.69) is 231 Å². The van der Waals surface area contributed by atoms with E-state index in [1.54, 1.807) is 0 Å². The van der Waals surface area contributed by atoms with Crippen molar-refractivity contribution in [2.75, 3.05) is 0 Å². The summed E-state index contributed by atoms with van der Waals surface area (Å²) in [5.74, 6) is 0. The third-order valence-electron chi connectivity index (χ3n) is 15.5. The van der Waals surface area contributed by atoms with Crippen LogP contribution in [0.4, 0.5) is 0 Å². The van der Waals surface area contributed by atoms with Crippen LogP contribution in [-0.2, 0) is 10.8 Å². The van der Waals surface area contributed by atoms with Crippen molar-refractivity contribution in [1.82, 2.24) is 13.4 Å². The van der Waals surface area contributed by atoms with Crippen LogP contribution in [0.15, 0.2) is 176 Å². The second-order valence-electron chi connectivity index (χ2n) is 21.4. The maximum atomic E-state index is 2.66. The van der Waals surface area contributed by atoms with Gasteiger partial charge in [-0.3, -0.25) is 0 Å². The van der Waals surface area contributed by atoms with Crippen molar-refractivity contribution in [3.05, 3.63) is 187 Å². The van der Waals surface area contributed by atoms with E-state index in [0.717, 1.165) is 0 Å². The number of hydrogen-bond acceptors (Lipinski definition) is 0. The molecule has 15 aromatic rings. The Bertz CT molecular complexity index is 4620. The summed E-state index contributed by atoms with van der Waals surface area (Å²) in [6.45, 7) is 14.0. The van der Waals surface area contributed by atoms with Gasteiger partial charge in [0, 0.05) is 65.1 Å². The van der Waals surface area contributed by atoms with Gasteiger partial charge in [-0.15, -0.1) is 0 Å². The number of rotatable bonds is 2. The van der Waals surface area contributed by atoms with Gasteiger partial charge in [0.25, 0.3) is 0 Å². The van der Waals surface area contributed by atoms with Gasteiger partial charge in [0.05, 0.1) is 44.1 Å². The van der Waals surface area contributed by atoms with E-state index in [4.69, 9.17) is 0 Å². The summed E-state index contributed by atoms with van der Waals surface area (Å²) in [5.41, 5.74) is 16.5. The van der Waals surface area contributed by atoms with Gasteiger partial charge in [0.15, 0.2) is 0 Å². The normalized spacial score (nSPS) is 13.2. The smallest absolute Gasteiger partial charge is 0.0627 e. The van der Waals surface area contributed by atoms with Crippen molar-refractivity contribution in [2.45, 2.75) is 52.4 Å². The van der Waals surface area contributed by atoms with Crippen LogP contribution in [0, 0.1) is 0 Å². The van der Waals surface area contributed by atoms with Gasteiger partial charge < -0.3 is 13.4 Å². The standard InChI is InChI=1S/C64H47N3/c1-63(2,3)39-25-27-55-47(31-39)49-32-40(64(4,5)6)33-50-48-34-57-51(35-56(48)66(55)60(49)50)58-42-20-12-11-17-37(42)30-52-59-43-21-13-10-16-36(43)28-45(61(59)67(57)62(52)58)38-24-26-54-46(29-38)44-22-14-15-23-53(44)65(54)41-18-8-7-9-19-41/h7-35H,1-6H3. The summed E-state index contributed by atoms with van der Waals surface area (Å²) in [4.78, 5) is 0. The first-order valence-corrected chi connectivity index (χ1v) is 23.8. The molecule has 0 aliphatic heterocycles. The van der Waals surface area contributed by atoms with Gasteiger partial charge in [-0.1, -0.05) is 139 Å². The first-order valence-electron chi connectivity index (χ1n) is 23.8. The Kier molecular flexibility index (Phi) is 6.97. The Balaban J connectivity index is 1.13. The van der Waals surface area contributed by atoms with Crippen LogP contribution in [-0.4, -0.2) is 13.4 Å². The summed E-state index contributed by atoms with van der Waals surface area (Å²) in [6.07, 6.45) is 0. The van der Waals surface area contributed by atoms with E-state index in [0.29, 0.717) is 0 Å². The van der Waals surface area contributed by atoms with Crippen LogP contribution >= 0.6 is 0 Å². The summed E-state index contributed by atoms with van der Waals surface area (Å²) in [6, 6.07) is 67.1. The van der Waals surface area contributed by atoms with Crippen LogP contribution in [0.3, 0.4) is 0 Å². The van der Waals surface area contributed by atoms with Gasteiger partial charge in [0.2, 0.25) is 0 Å². The van der Waals surface area contributed by atoms with Gasteiger partial charge in [-0.2, -0.15) is 0 Å². The van der Waals surface area contributed by atoms with Crippen LogP contribution in [0.1, 0.15) is 52.7 Å². The predicted molar refractivity (Wildman–Crippen MR) is 288 cm³/mol. The van der Waals surface area contributed by atoms with E-state index >= 15 is 0 Å².